The van der Waals surface area contributed by atoms with E-state index in [0.717, 1.165) is 0 Å². The first-order valence-electron chi connectivity index (χ1n) is 2.52. The van der Waals surface area contributed by atoms with Crippen LogP contribution in [0.3, 0.4) is 0 Å². The zero-order valence-corrected chi connectivity index (χ0v) is 5.46. The quantitative estimate of drug-likeness (QED) is 0.523. The first kappa shape index (κ1) is 7.75. The Bertz CT molecular complexity index is 152. The molecule has 0 aliphatic rings. The molecule has 0 saturated carbocycles. The summed E-state index contributed by atoms with van der Waals surface area (Å²) in [5, 5.41) is 0. The Morgan fingerprint density at radius 3 is 2.44 bits per heavy atom. The van der Waals surface area contributed by atoms with Crippen LogP contribution in [0.25, 0.3) is 0 Å². The first-order valence-corrected chi connectivity index (χ1v) is 2.52. The highest BCUT2D eigenvalue weighted by Gasteiger charge is 1.72. The summed E-state index contributed by atoms with van der Waals surface area (Å²) in [7, 11) is 0. The number of nitrogens with zero attached hydrogens (tertiary/aromatic N) is 1. The van der Waals surface area contributed by atoms with Crippen LogP contribution in [-0.4, -0.2) is 6.21 Å². The fourth-order valence-electron chi connectivity index (χ4n) is 0.251. The van der Waals surface area contributed by atoms with Gasteiger partial charge in [-0.25, -0.2) is 0 Å². The second kappa shape index (κ2) is 3.72. The maximum absolute atomic E-state index is 5.26. The van der Waals surface area contributed by atoms with Crippen molar-refractivity contribution in [3.8, 4) is 0 Å². The average molecular weight is 125 g/mol. The van der Waals surface area contributed by atoms with Gasteiger partial charge >= 0.3 is 0 Å². The summed E-state index contributed by atoms with van der Waals surface area (Å²) in [6, 6.07) is 0. The van der Waals surface area contributed by atoms with E-state index in [1.54, 1.807) is 6.92 Å². The van der Waals surface area contributed by atoms with Crippen molar-refractivity contribution in [2.45, 2.75) is 6.92 Å². The van der Waals surface area contributed by atoms with Crippen LogP contribution in [0.4, 0.5) is 0 Å². The van der Waals surface area contributed by atoms with Crippen LogP contribution in [0.15, 0.2) is 29.2 Å². The summed E-state index contributed by atoms with van der Waals surface area (Å²) in [6.45, 7) is 5.16. The van der Waals surface area contributed by atoms with E-state index in [4.69, 9.17) is 11.5 Å². The summed E-state index contributed by atoms with van der Waals surface area (Å²) >= 11 is 0. The second-order valence-electron chi connectivity index (χ2n) is 1.73. The topological polar surface area (TPSA) is 64.4 Å². The van der Waals surface area contributed by atoms with Crippen LogP contribution in [0, 0.1) is 0 Å². The largest absolute Gasteiger partial charge is 0.401 e. The van der Waals surface area contributed by atoms with Crippen LogP contribution in [0.5, 0.6) is 0 Å². The summed E-state index contributed by atoms with van der Waals surface area (Å²) < 4.78 is 0. The molecule has 0 saturated heterocycles. The minimum absolute atomic E-state index is 0.424. The van der Waals surface area contributed by atoms with Crippen molar-refractivity contribution in [1.29, 1.82) is 0 Å². The van der Waals surface area contributed by atoms with Gasteiger partial charge in [0.15, 0.2) is 0 Å². The van der Waals surface area contributed by atoms with Gasteiger partial charge in [0.1, 0.15) is 0 Å². The summed E-state index contributed by atoms with van der Waals surface area (Å²) in [6.07, 6.45) is 2.95. The molecular weight excluding hydrogens is 114 g/mol. The summed E-state index contributed by atoms with van der Waals surface area (Å²) in [5.74, 6) is 0. The van der Waals surface area contributed by atoms with Gasteiger partial charge in [-0.15, -0.1) is 0 Å². The van der Waals surface area contributed by atoms with Crippen molar-refractivity contribution in [1.82, 2.24) is 0 Å². The molecule has 0 aromatic heterocycles. The molecule has 0 radical (unpaired) electrons. The van der Waals surface area contributed by atoms with Crippen molar-refractivity contribution in [3.05, 3.63) is 24.2 Å². The smallest absolute Gasteiger partial charge is 0.0492 e. The summed E-state index contributed by atoms with van der Waals surface area (Å²) in [4.78, 5) is 3.73. The molecule has 0 aromatic rings. The number of hydrogen-bond donors (Lipinski definition) is 2. The van der Waals surface area contributed by atoms with Gasteiger partial charge in [-0.3, -0.25) is 4.99 Å². The number of allylic oxidation sites excluding steroid dienone is 2. The van der Waals surface area contributed by atoms with Gasteiger partial charge in [0, 0.05) is 23.8 Å². The van der Waals surface area contributed by atoms with Gasteiger partial charge in [-0.2, -0.15) is 0 Å². The predicted molar refractivity (Wildman–Crippen MR) is 39.8 cm³/mol. The average Bonchev–Trinajstić information content (AvgIpc) is 1.63. The van der Waals surface area contributed by atoms with Crippen LogP contribution >= 0.6 is 0 Å². The molecule has 50 valence electrons. The van der Waals surface area contributed by atoms with Crippen LogP contribution in [0.1, 0.15) is 6.92 Å². The fourth-order valence-corrected chi connectivity index (χ4v) is 0.251. The molecule has 0 atom stereocenters. The van der Waals surface area contributed by atoms with Crippen molar-refractivity contribution < 1.29 is 0 Å². The van der Waals surface area contributed by atoms with Gasteiger partial charge < -0.3 is 11.5 Å². The van der Waals surface area contributed by atoms with E-state index in [9.17, 15) is 0 Å². The lowest BCUT2D eigenvalue weighted by Gasteiger charge is -1.84. The molecular formula is C6H11N3. The molecule has 0 aliphatic heterocycles. The molecule has 0 amide bonds. The molecule has 4 N–H and O–H groups in total. The van der Waals surface area contributed by atoms with E-state index in [1.165, 1.54) is 12.4 Å². The lowest BCUT2D eigenvalue weighted by atomic mass is 10.5. The van der Waals surface area contributed by atoms with Gasteiger partial charge in [0.05, 0.1) is 0 Å². The highest BCUT2D eigenvalue weighted by atomic mass is 14.7. The zero-order valence-electron chi connectivity index (χ0n) is 5.46. The Morgan fingerprint density at radius 1 is 1.56 bits per heavy atom. The molecule has 0 spiro atoms. The maximum Gasteiger partial charge on any atom is 0.0492 e. The number of nitrogens with two attached hydrogens (primary N) is 2. The maximum atomic E-state index is 5.26. The summed E-state index contributed by atoms with van der Waals surface area (Å²) in [5.41, 5.74) is 11.5. The highest BCUT2D eigenvalue weighted by Crippen LogP contribution is 1.79. The molecule has 0 fully saturated rings. The van der Waals surface area contributed by atoms with E-state index in [2.05, 4.69) is 11.6 Å². The second-order valence-corrected chi connectivity index (χ2v) is 1.73. The minimum atomic E-state index is 0.424. The van der Waals surface area contributed by atoms with Gasteiger partial charge in [-0.05, 0) is 6.92 Å². The normalized spacial score (nSPS) is 12.3. The third kappa shape index (κ3) is 6.75. The van der Waals surface area contributed by atoms with Crippen molar-refractivity contribution in [2.75, 3.05) is 0 Å². The molecule has 0 unspecified atom stereocenters. The van der Waals surface area contributed by atoms with Gasteiger partial charge in [0.2, 0.25) is 0 Å². The number of rotatable bonds is 2. The van der Waals surface area contributed by atoms with Gasteiger partial charge in [-0.1, -0.05) is 6.58 Å². The van der Waals surface area contributed by atoms with Crippen LogP contribution in [0.2, 0.25) is 0 Å². The van der Waals surface area contributed by atoms with E-state index in [-0.39, 0.29) is 0 Å². The number of hydrogen-bond acceptors (Lipinski definition) is 3. The van der Waals surface area contributed by atoms with E-state index in [0.29, 0.717) is 11.4 Å². The molecule has 3 heteroatoms. The van der Waals surface area contributed by atoms with Crippen molar-refractivity contribution >= 4 is 6.21 Å². The van der Waals surface area contributed by atoms with Gasteiger partial charge in [0.25, 0.3) is 0 Å². The standard InChI is InChI=1S/C6H11N3/c1-5(7)3-9-4-6(2)8/h3-4H,1,7-8H2,2H3/b6-4+,9-3?. The Balaban J connectivity index is 3.74. The van der Waals surface area contributed by atoms with E-state index in [1.807, 2.05) is 0 Å². The third-order valence-corrected chi connectivity index (χ3v) is 0.519. The van der Waals surface area contributed by atoms with Crippen molar-refractivity contribution in [2.24, 2.45) is 16.5 Å². The first-order chi connectivity index (χ1) is 4.13. The molecule has 0 aromatic carbocycles. The zero-order chi connectivity index (χ0) is 7.28. The number of aliphatic imine (C=N–C) groups is 1. The molecule has 0 rings (SSSR count). The third-order valence-electron chi connectivity index (χ3n) is 0.519. The monoisotopic (exact) mass is 125 g/mol. The molecule has 9 heavy (non-hydrogen) atoms. The van der Waals surface area contributed by atoms with E-state index >= 15 is 0 Å². The van der Waals surface area contributed by atoms with Crippen LogP contribution < -0.4 is 11.5 Å². The fraction of sp³-hybridized carbons (Fsp3) is 0.167. The molecule has 0 heterocycles. The Morgan fingerprint density at radius 2 is 2.11 bits per heavy atom. The van der Waals surface area contributed by atoms with Crippen LogP contribution in [-0.2, 0) is 0 Å². The highest BCUT2D eigenvalue weighted by molar-refractivity contribution is 5.76. The molecule has 0 bridgehead atoms. The Kier molecular flexibility index (Phi) is 3.20. The Hall–Kier alpha value is -1.25. The molecule has 3 nitrogen and oxygen atoms in total. The predicted octanol–water partition coefficient (Wildman–Crippen LogP) is 0.350. The Labute approximate surface area is 54.8 Å². The SMILES string of the molecule is C=C(N)C=N/C=C(\C)N. The van der Waals surface area contributed by atoms with E-state index < -0.39 is 0 Å². The lowest BCUT2D eigenvalue weighted by molar-refractivity contribution is 1.27. The molecule has 0 aliphatic carbocycles. The van der Waals surface area contributed by atoms with Crippen molar-refractivity contribution in [3.63, 3.8) is 0 Å². The lowest BCUT2D eigenvalue weighted by Crippen LogP contribution is -1.94. The minimum Gasteiger partial charge on any atom is -0.401 e.